The fraction of sp³-hybridized carbons (Fsp3) is 0.750. The molecule has 0 aromatic heterocycles. The lowest BCUT2D eigenvalue weighted by molar-refractivity contribution is -0.127. The van der Waals surface area contributed by atoms with Crippen LogP contribution in [0.15, 0.2) is 0 Å². The molecule has 11 nitrogen and oxygen atoms in total. The standard InChI is InChI=1S/C8H15N2O9P/c11-3-9-1-5(12)10-8-7(14)6(13)4(19-8)2-18-20(15,16)17/h3-4,6-8,13-14H,1-2H2,(H,9,11)(H,10,12)(H2,15,16,17). The first-order valence-corrected chi connectivity index (χ1v) is 6.95. The molecular weight excluding hydrogens is 299 g/mol. The summed E-state index contributed by atoms with van der Waals surface area (Å²) in [6.45, 7) is -1.02. The third kappa shape index (κ3) is 5.13. The highest BCUT2D eigenvalue weighted by Crippen LogP contribution is 2.37. The molecule has 0 bridgehead atoms. The van der Waals surface area contributed by atoms with E-state index in [4.69, 9.17) is 14.5 Å². The Bertz CT molecular complexity index is 399. The normalized spacial score (nSPS) is 30.0. The molecule has 1 rings (SSSR count). The molecule has 0 radical (unpaired) electrons. The topological polar surface area (TPSA) is 175 Å². The van der Waals surface area contributed by atoms with E-state index in [0.29, 0.717) is 6.41 Å². The van der Waals surface area contributed by atoms with Crippen molar-refractivity contribution in [2.45, 2.75) is 24.5 Å². The minimum Gasteiger partial charge on any atom is -0.387 e. The summed E-state index contributed by atoms with van der Waals surface area (Å²) in [7, 11) is -4.74. The van der Waals surface area contributed by atoms with Crippen molar-refractivity contribution >= 4 is 20.1 Å². The largest absolute Gasteiger partial charge is 0.469 e. The average molecular weight is 314 g/mol. The smallest absolute Gasteiger partial charge is 0.387 e. The summed E-state index contributed by atoms with van der Waals surface area (Å²) >= 11 is 0. The highest BCUT2D eigenvalue weighted by molar-refractivity contribution is 7.46. The monoisotopic (exact) mass is 314 g/mol. The van der Waals surface area contributed by atoms with Crippen LogP contribution in [0, 0.1) is 0 Å². The van der Waals surface area contributed by atoms with Crippen LogP contribution in [0.25, 0.3) is 0 Å². The fourth-order valence-electron chi connectivity index (χ4n) is 1.52. The van der Waals surface area contributed by atoms with E-state index in [1.54, 1.807) is 0 Å². The summed E-state index contributed by atoms with van der Waals surface area (Å²) in [5, 5.41) is 23.4. The third-order valence-corrected chi connectivity index (χ3v) is 2.90. The maximum Gasteiger partial charge on any atom is 0.469 e. The van der Waals surface area contributed by atoms with Crippen LogP contribution < -0.4 is 10.6 Å². The Hall–Kier alpha value is -1.07. The van der Waals surface area contributed by atoms with Crippen LogP contribution in [-0.2, 0) is 23.4 Å². The zero-order valence-electron chi connectivity index (χ0n) is 10.1. The van der Waals surface area contributed by atoms with Gasteiger partial charge in [-0.2, -0.15) is 0 Å². The lowest BCUT2D eigenvalue weighted by atomic mass is 10.1. The summed E-state index contributed by atoms with van der Waals surface area (Å²) in [6, 6.07) is 0. The van der Waals surface area contributed by atoms with Gasteiger partial charge in [-0.3, -0.25) is 14.1 Å². The van der Waals surface area contributed by atoms with E-state index in [0.717, 1.165) is 0 Å². The predicted octanol–water partition coefficient (Wildman–Crippen LogP) is -3.60. The second-order valence-corrected chi connectivity index (χ2v) is 5.17. The van der Waals surface area contributed by atoms with Crippen LogP contribution in [0.5, 0.6) is 0 Å². The maximum absolute atomic E-state index is 11.3. The molecule has 12 heteroatoms. The Labute approximate surface area is 113 Å². The van der Waals surface area contributed by atoms with Gasteiger partial charge in [0, 0.05) is 0 Å². The van der Waals surface area contributed by atoms with Crippen LogP contribution >= 0.6 is 7.82 Å². The van der Waals surface area contributed by atoms with Gasteiger partial charge in [-0.25, -0.2) is 4.57 Å². The van der Waals surface area contributed by atoms with Gasteiger partial charge in [0.15, 0.2) is 6.23 Å². The Balaban J connectivity index is 2.49. The SMILES string of the molecule is O=CNCC(=O)NC1OC(COP(=O)(O)O)C(O)C1O. The lowest BCUT2D eigenvalue weighted by Crippen LogP contribution is -2.46. The van der Waals surface area contributed by atoms with Crippen LogP contribution in [0.4, 0.5) is 0 Å². The number of hydrogen-bond acceptors (Lipinski definition) is 7. The number of phosphoric ester groups is 1. The van der Waals surface area contributed by atoms with Gasteiger partial charge in [0.2, 0.25) is 12.3 Å². The van der Waals surface area contributed by atoms with Gasteiger partial charge in [0.05, 0.1) is 13.2 Å². The highest BCUT2D eigenvalue weighted by Gasteiger charge is 2.44. The minimum atomic E-state index is -4.74. The van der Waals surface area contributed by atoms with E-state index in [1.165, 1.54) is 0 Å². The molecule has 6 N–H and O–H groups in total. The summed E-state index contributed by atoms with van der Waals surface area (Å²) in [4.78, 5) is 38.3. The van der Waals surface area contributed by atoms with Crippen LogP contribution in [0.3, 0.4) is 0 Å². The van der Waals surface area contributed by atoms with Crippen molar-refractivity contribution in [1.29, 1.82) is 0 Å². The molecule has 1 fully saturated rings. The number of aliphatic hydroxyl groups is 2. The van der Waals surface area contributed by atoms with Gasteiger partial charge in [-0.05, 0) is 0 Å². The van der Waals surface area contributed by atoms with Crippen LogP contribution in [0.1, 0.15) is 0 Å². The average Bonchev–Trinajstić information content (AvgIpc) is 2.61. The summed E-state index contributed by atoms with van der Waals surface area (Å²) in [5.74, 6) is -0.676. The predicted molar refractivity (Wildman–Crippen MR) is 60.9 cm³/mol. The number of phosphoric acid groups is 1. The molecule has 0 aliphatic carbocycles. The van der Waals surface area contributed by atoms with Crippen molar-refractivity contribution in [3.63, 3.8) is 0 Å². The number of carbonyl (C=O) groups is 2. The van der Waals surface area contributed by atoms with E-state index in [-0.39, 0.29) is 6.54 Å². The van der Waals surface area contributed by atoms with Crippen molar-refractivity contribution < 1.29 is 43.4 Å². The molecule has 4 atom stereocenters. The van der Waals surface area contributed by atoms with Gasteiger partial charge in [-0.15, -0.1) is 0 Å². The van der Waals surface area contributed by atoms with Crippen LogP contribution in [-0.4, -0.2) is 70.0 Å². The second kappa shape index (κ2) is 7.09. The molecule has 2 amide bonds. The molecule has 0 saturated carbocycles. The maximum atomic E-state index is 11.3. The molecule has 0 aromatic rings. The van der Waals surface area contributed by atoms with Crippen molar-refractivity contribution in [1.82, 2.24) is 10.6 Å². The van der Waals surface area contributed by atoms with Gasteiger partial charge < -0.3 is 35.4 Å². The molecule has 1 saturated heterocycles. The quantitative estimate of drug-likeness (QED) is 0.205. The van der Waals surface area contributed by atoms with Gasteiger partial charge >= 0.3 is 7.82 Å². The second-order valence-electron chi connectivity index (χ2n) is 3.93. The number of amides is 2. The molecule has 0 aromatic carbocycles. The molecule has 1 heterocycles. The van der Waals surface area contributed by atoms with Gasteiger partial charge in [0.25, 0.3) is 0 Å². The molecule has 4 unspecified atom stereocenters. The third-order valence-electron chi connectivity index (χ3n) is 2.42. The first kappa shape index (κ1) is 17.0. The Morgan fingerprint density at radius 1 is 1.35 bits per heavy atom. The molecular formula is C8H15N2O9P. The number of nitrogens with one attached hydrogen (secondary N) is 2. The fourth-order valence-corrected chi connectivity index (χ4v) is 1.86. The van der Waals surface area contributed by atoms with Crippen molar-refractivity contribution in [3.8, 4) is 0 Å². The highest BCUT2D eigenvalue weighted by atomic mass is 31.2. The van der Waals surface area contributed by atoms with Crippen molar-refractivity contribution in [3.05, 3.63) is 0 Å². The summed E-state index contributed by atoms with van der Waals surface area (Å²) in [5.41, 5.74) is 0. The minimum absolute atomic E-state index is 0.303. The molecule has 1 aliphatic rings. The number of aliphatic hydroxyl groups excluding tert-OH is 2. The summed E-state index contributed by atoms with van der Waals surface area (Å²) in [6.07, 6.45) is -5.19. The number of ether oxygens (including phenoxy) is 1. The Morgan fingerprint density at radius 2 is 2.00 bits per heavy atom. The van der Waals surface area contributed by atoms with E-state index in [9.17, 15) is 24.4 Å². The first-order valence-electron chi connectivity index (χ1n) is 5.42. The number of hydrogen-bond donors (Lipinski definition) is 6. The molecule has 1 aliphatic heterocycles. The van der Waals surface area contributed by atoms with E-state index < -0.39 is 44.9 Å². The molecule has 20 heavy (non-hydrogen) atoms. The lowest BCUT2D eigenvalue weighted by Gasteiger charge is -2.16. The first-order chi connectivity index (χ1) is 9.24. The van der Waals surface area contributed by atoms with E-state index >= 15 is 0 Å². The number of rotatable bonds is 7. The van der Waals surface area contributed by atoms with Crippen molar-refractivity contribution in [2.24, 2.45) is 0 Å². The van der Waals surface area contributed by atoms with Gasteiger partial charge in [-0.1, -0.05) is 0 Å². The molecule has 116 valence electrons. The summed E-state index contributed by atoms with van der Waals surface area (Å²) < 4.78 is 19.7. The van der Waals surface area contributed by atoms with E-state index in [2.05, 4.69) is 15.2 Å². The Morgan fingerprint density at radius 3 is 2.55 bits per heavy atom. The zero-order valence-corrected chi connectivity index (χ0v) is 11.0. The number of carbonyl (C=O) groups excluding carboxylic acids is 2. The van der Waals surface area contributed by atoms with E-state index in [1.807, 2.05) is 0 Å². The van der Waals surface area contributed by atoms with Gasteiger partial charge in [0.1, 0.15) is 18.3 Å². The van der Waals surface area contributed by atoms with Crippen LogP contribution in [0.2, 0.25) is 0 Å². The van der Waals surface area contributed by atoms with Crippen molar-refractivity contribution in [2.75, 3.05) is 13.2 Å². The molecule has 0 spiro atoms. The zero-order chi connectivity index (χ0) is 15.3. The Kier molecular flexibility index (Phi) is 6.02.